The van der Waals surface area contributed by atoms with Crippen molar-refractivity contribution in [1.82, 2.24) is 0 Å². The van der Waals surface area contributed by atoms with Gasteiger partial charge < -0.3 is 14.8 Å². The molecular weight excluding hydrogens is 242 g/mol. The fourth-order valence-electron chi connectivity index (χ4n) is 1.81. The summed E-state index contributed by atoms with van der Waals surface area (Å²) in [6, 6.07) is 7.26. The first kappa shape index (κ1) is 15.3. The second kappa shape index (κ2) is 8.40. The number of hydrogen-bond donors (Lipinski definition) is 1. The van der Waals surface area contributed by atoms with Crippen LogP contribution in [0.25, 0.3) is 0 Å². The zero-order chi connectivity index (χ0) is 14.1. The molecule has 1 N–H and O–H groups in total. The summed E-state index contributed by atoms with van der Waals surface area (Å²) in [6.45, 7) is 4.33. The van der Waals surface area contributed by atoms with Crippen molar-refractivity contribution in [3.63, 3.8) is 0 Å². The molecule has 4 nitrogen and oxygen atoms in total. The highest BCUT2D eigenvalue weighted by Crippen LogP contribution is 2.19. The number of anilines is 1. The minimum absolute atomic E-state index is 0.196. The maximum atomic E-state index is 11.9. The Morgan fingerprint density at radius 2 is 2.16 bits per heavy atom. The maximum Gasteiger partial charge on any atom is 0.328 e. The minimum Gasteiger partial charge on any atom is -0.497 e. The maximum absolute atomic E-state index is 11.9. The smallest absolute Gasteiger partial charge is 0.328 e. The summed E-state index contributed by atoms with van der Waals surface area (Å²) in [5, 5.41) is 3.22. The van der Waals surface area contributed by atoms with Gasteiger partial charge in [0.2, 0.25) is 0 Å². The number of unbranched alkanes of at least 4 members (excludes halogenated alkanes) is 1. The standard InChI is InChI=1S/C15H23NO3/c1-4-6-10-14(15(17)19-5-2)16-12-8-7-9-13(11-12)18-3/h7-9,11,14,16H,4-6,10H2,1-3H3. The molecule has 19 heavy (non-hydrogen) atoms. The van der Waals surface area contributed by atoms with Gasteiger partial charge in [-0.15, -0.1) is 0 Å². The first-order chi connectivity index (χ1) is 9.21. The van der Waals surface area contributed by atoms with Gasteiger partial charge in [0.25, 0.3) is 0 Å². The Bertz CT molecular complexity index is 393. The average Bonchev–Trinajstić information content (AvgIpc) is 2.43. The lowest BCUT2D eigenvalue weighted by atomic mass is 10.1. The van der Waals surface area contributed by atoms with Crippen molar-refractivity contribution in [2.24, 2.45) is 0 Å². The zero-order valence-electron chi connectivity index (χ0n) is 11.9. The third-order valence-corrected chi connectivity index (χ3v) is 2.83. The predicted octanol–water partition coefficient (Wildman–Crippen LogP) is 3.23. The molecule has 0 amide bonds. The molecule has 1 unspecified atom stereocenters. The van der Waals surface area contributed by atoms with Crippen LogP contribution in [0.15, 0.2) is 24.3 Å². The fraction of sp³-hybridized carbons (Fsp3) is 0.533. The van der Waals surface area contributed by atoms with Gasteiger partial charge in [0.1, 0.15) is 11.8 Å². The second-order valence-electron chi connectivity index (χ2n) is 4.32. The van der Waals surface area contributed by atoms with Gasteiger partial charge in [-0.05, 0) is 25.5 Å². The number of hydrogen-bond acceptors (Lipinski definition) is 4. The SMILES string of the molecule is CCCCC(Nc1cccc(OC)c1)C(=O)OCC. The third-order valence-electron chi connectivity index (χ3n) is 2.83. The van der Waals surface area contributed by atoms with Crippen molar-refractivity contribution >= 4 is 11.7 Å². The number of methoxy groups -OCH3 is 1. The molecule has 0 aliphatic heterocycles. The van der Waals surface area contributed by atoms with Crippen molar-refractivity contribution in [3.05, 3.63) is 24.3 Å². The molecule has 1 rings (SSSR count). The number of rotatable bonds is 8. The van der Waals surface area contributed by atoms with E-state index in [9.17, 15) is 4.79 Å². The fourth-order valence-corrected chi connectivity index (χ4v) is 1.81. The van der Waals surface area contributed by atoms with E-state index in [1.54, 1.807) is 7.11 Å². The lowest BCUT2D eigenvalue weighted by molar-refractivity contribution is -0.144. The molecule has 1 aromatic carbocycles. The first-order valence-corrected chi connectivity index (χ1v) is 6.78. The molecule has 1 aromatic rings. The van der Waals surface area contributed by atoms with Crippen molar-refractivity contribution in [3.8, 4) is 5.75 Å². The number of esters is 1. The summed E-state index contributed by atoms with van der Waals surface area (Å²) in [5.74, 6) is 0.571. The molecule has 0 aromatic heterocycles. The van der Waals surface area contributed by atoms with E-state index in [1.807, 2.05) is 31.2 Å². The highest BCUT2D eigenvalue weighted by Gasteiger charge is 2.18. The van der Waals surface area contributed by atoms with E-state index in [1.165, 1.54) is 0 Å². The number of carbonyl (C=O) groups is 1. The van der Waals surface area contributed by atoms with E-state index in [0.717, 1.165) is 30.7 Å². The molecule has 106 valence electrons. The van der Waals surface area contributed by atoms with Crippen LogP contribution >= 0.6 is 0 Å². The molecule has 0 radical (unpaired) electrons. The Hall–Kier alpha value is -1.71. The van der Waals surface area contributed by atoms with E-state index < -0.39 is 0 Å². The van der Waals surface area contributed by atoms with E-state index >= 15 is 0 Å². The average molecular weight is 265 g/mol. The van der Waals surface area contributed by atoms with Crippen molar-refractivity contribution in [2.75, 3.05) is 19.0 Å². The van der Waals surface area contributed by atoms with Gasteiger partial charge in [0.15, 0.2) is 0 Å². The van der Waals surface area contributed by atoms with E-state index in [2.05, 4.69) is 12.2 Å². The molecule has 0 fully saturated rings. The Morgan fingerprint density at radius 1 is 1.37 bits per heavy atom. The lowest BCUT2D eigenvalue weighted by Crippen LogP contribution is -2.31. The van der Waals surface area contributed by atoms with E-state index in [4.69, 9.17) is 9.47 Å². The number of ether oxygens (including phenoxy) is 2. The van der Waals surface area contributed by atoms with Crippen LogP contribution in [0.4, 0.5) is 5.69 Å². The molecule has 0 aliphatic rings. The monoisotopic (exact) mass is 265 g/mol. The van der Waals surface area contributed by atoms with Crippen LogP contribution in [0, 0.1) is 0 Å². The number of carbonyl (C=O) groups excluding carboxylic acids is 1. The van der Waals surface area contributed by atoms with Gasteiger partial charge in [0, 0.05) is 11.8 Å². The van der Waals surface area contributed by atoms with Crippen molar-refractivity contribution < 1.29 is 14.3 Å². The number of benzene rings is 1. The summed E-state index contributed by atoms with van der Waals surface area (Å²) < 4.78 is 10.3. The van der Waals surface area contributed by atoms with Crippen LogP contribution in [-0.2, 0) is 9.53 Å². The van der Waals surface area contributed by atoms with Crippen LogP contribution in [0.1, 0.15) is 33.1 Å². The Labute approximate surface area is 115 Å². The van der Waals surface area contributed by atoms with E-state index in [0.29, 0.717) is 6.61 Å². The van der Waals surface area contributed by atoms with Crippen LogP contribution in [0.5, 0.6) is 5.75 Å². The summed E-state index contributed by atoms with van der Waals surface area (Å²) >= 11 is 0. The summed E-state index contributed by atoms with van der Waals surface area (Å²) in [5.41, 5.74) is 0.869. The van der Waals surface area contributed by atoms with Crippen molar-refractivity contribution in [1.29, 1.82) is 0 Å². The third kappa shape index (κ3) is 5.20. The van der Waals surface area contributed by atoms with Gasteiger partial charge in [-0.1, -0.05) is 25.8 Å². The molecule has 0 saturated heterocycles. The topological polar surface area (TPSA) is 47.6 Å². The quantitative estimate of drug-likeness (QED) is 0.733. The normalized spacial score (nSPS) is 11.7. The molecule has 0 bridgehead atoms. The van der Waals surface area contributed by atoms with E-state index in [-0.39, 0.29) is 12.0 Å². The molecule has 1 atom stereocenters. The molecule has 0 heterocycles. The predicted molar refractivity (Wildman–Crippen MR) is 76.6 cm³/mol. The van der Waals surface area contributed by atoms with Crippen LogP contribution in [0.2, 0.25) is 0 Å². The molecule has 0 aliphatic carbocycles. The van der Waals surface area contributed by atoms with Gasteiger partial charge in [-0.25, -0.2) is 4.79 Å². The molecular formula is C15H23NO3. The Morgan fingerprint density at radius 3 is 2.79 bits per heavy atom. The molecule has 4 heteroatoms. The summed E-state index contributed by atoms with van der Waals surface area (Å²) in [7, 11) is 1.62. The highest BCUT2D eigenvalue weighted by atomic mass is 16.5. The second-order valence-corrected chi connectivity index (χ2v) is 4.32. The zero-order valence-corrected chi connectivity index (χ0v) is 11.9. The van der Waals surface area contributed by atoms with Crippen LogP contribution in [0.3, 0.4) is 0 Å². The van der Waals surface area contributed by atoms with Crippen LogP contribution < -0.4 is 10.1 Å². The highest BCUT2D eigenvalue weighted by molar-refractivity contribution is 5.79. The molecule has 0 spiro atoms. The Kier molecular flexibility index (Phi) is 6.79. The van der Waals surface area contributed by atoms with Gasteiger partial charge in [-0.3, -0.25) is 0 Å². The van der Waals surface area contributed by atoms with Crippen molar-refractivity contribution in [2.45, 2.75) is 39.2 Å². The van der Waals surface area contributed by atoms with Gasteiger partial charge in [0.05, 0.1) is 13.7 Å². The summed E-state index contributed by atoms with van der Waals surface area (Å²) in [4.78, 5) is 11.9. The van der Waals surface area contributed by atoms with Gasteiger partial charge in [-0.2, -0.15) is 0 Å². The largest absolute Gasteiger partial charge is 0.497 e. The number of nitrogens with one attached hydrogen (secondary N) is 1. The first-order valence-electron chi connectivity index (χ1n) is 6.78. The minimum atomic E-state index is -0.299. The van der Waals surface area contributed by atoms with Gasteiger partial charge >= 0.3 is 5.97 Å². The Balaban J connectivity index is 2.71. The lowest BCUT2D eigenvalue weighted by Gasteiger charge is -2.18. The van der Waals surface area contributed by atoms with Crippen LogP contribution in [-0.4, -0.2) is 25.7 Å². The molecule has 0 saturated carbocycles. The summed E-state index contributed by atoms with van der Waals surface area (Å²) in [6.07, 6.45) is 2.81.